The second-order valence-corrected chi connectivity index (χ2v) is 7.31. The van der Waals surface area contributed by atoms with Crippen LogP contribution >= 0.6 is 11.6 Å². The highest BCUT2D eigenvalue weighted by molar-refractivity contribution is 6.42. The summed E-state index contributed by atoms with van der Waals surface area (Å²) in [5.74, 6) is -0.850. The molecule has 2 rings (SSSR count). The number of ether oxygens (including phenoxy) is 1. The fourth-order valence-corrected chi connectivity index (χ4v) is 3.50. The van der Waals surface area contributed by atoms with Crippen molar-refractivity contribution in [2.75, 3.05) is 12.8 Å². The Bertz CT molecular complexity index is 790. The number of nitrogens with one attached hydrogen (secondary N) is 1. The van der Waals surface area contributed by atoms with Gasteiger partial charge in [-0.1, -0.05) is 23.7 Å². The highest BCUT2D eigenvalue weighted by atomic mass is 35.5. The van der Waals surface area contributed by atoms with Crippen LogP contribution in [0.4, 0.5) is 18.9 Å². The first kappa shape index (κ1) is 23.0. The molecule has 0 aromatic heterocycles. The maximum absolute atomic E-state index is 12.9. The van der Waals surface area contributed by atoms with Gasteiger partial charge in [-0.05, 0) is 43.4 Å². The van der Waals surface area contributed by atoms with E-state index in [9.17, 15) is 18.0 Å². The third-order valence-electron chi connectivity index (χ3n) is 4.99. The average Bonchev–Trinajstić information content (AvgIpc) is 2.68. The molecule has 1 aliphatic carbocycles. The molecule has 1 aliphatic rings. The molecule has 0 heterocycles. The molecule has 160 valence electrons. The van der Waals surface area contributed by atoms with E-state index in [0.717, 1.165) is 0 Å². The van der Waals surface area contributed by atoms with Gasteiger partial charge in [-0.2, -0.15) is 13.2 Å². The highest BCUT2D eigenvalue weighted by Crippen LogP contribution is 2.30. The summed E-state index contributed by atoms with van der Waals surface area (Å²) in [4.78, 5) is 14.3. The zero-order chi connectivity index (χ0) is 21.8. The molecule has 0 saturated heterocycles. The summed E-state index contributed by atoms with van der Waals surface area (Å²) < 4.78 is 43.4. The summed E-state index contributed by atoms with van der Waals surface area (Å²) in [6, 6.07) is 4.69. The van der Waals surface area contributed by atoms with Gasteiger partial charge in [0.15, 0.2) is 0 Å². The number of alkyl halides is 3. The lowest BCUT2D eigenvalue weighted by atomic mass is 9.91. The van der Waals surface area contributed by atoms with Crippen LogP contribution in [0.2, 0.25) is 5.02 Å². The van der Waals surface area contributed by atoms with Gasteiger partial charge in [0.05, 0.1) is 16.8 Å². The normalized spacial score (nSPS) is 20.4. The van der Waals surface area contributed by atoms with E-state index in [1.807, 2.05) is 0 Å². The fourth-order valence-electron chi connectivity index (χ4n) is 3.32. The van der Waals surface area contributed by atoms with Crippen LogP contribution < -0.4 is 11.5 Å². The van der Waals surface area contributed by atoms with E-state index in [4.69, 9.17) is 33.2 Å². The molecule has 1 saturated carbocycles. The van der Waals surface area contributed by atoms with Gasteiger partial charge in [-0.3, -0.25) is 10.2 Å². The van der Waals surface area contributed by atoms with Crippen LogP contribution in [-0.2, 0) is 16.1 Å². The topological polar surface area (TPSA) is 105 Å². The summed E-state index contributed by atoms with van der Waals surface area (Å²) >= 11 is 6.23. The predicted octanol–water partition coefficient (Wildman–Crippen LogP) is 3.63. The molecule has 29 heavy (non-hydrogen) atoms. The van der Waals surface area contributed by atoms with Crippen LogP contribution in [0.5, 0.6) is 0 Å². The molecule has 0 spiro atoms. The predicted molar refractivity (Wildman–Crippen MR) is 106 cm³/mol. The van der Waals surface area contributed by atoms with Crippen molar-refractivity contribution in [1.82, 2.24) is 4.90 Å². The number of allylic oxidation sites excluding steroid dienone is 1. The molecule has 0 atom stereocenters. The molecule has 0 unspecified atom stereocenters. The number of hydrogen-bond acceptors (Lipinski definition) is 5. The minimum absolute atomic E-state index is 0.0210. The summed E-state index contributed by atoms with van der Waals surface area (Å²) in [5.41, 5.74) is 9.33. The van der Waals surface area contributed by atoms with E-state index in [2.05, 4.69) is 0 Å². The Labute approximate surface area is 172 Å². The van der Waals surface area contributed by atoms with Gasteiger partial charge in [0, 0.05) is 19.7 Å². The number of carbonyl (C=O) groups excluding carboxylic acids is 1. The molecule has 5 N–H and O–H groups in total. The maximum Gasteiger partial charge on any atom is 0.430 e. The highest BCUT2D eigenvalue weighted by Gasteiger charge is 2.34. The number of rotatable bonds is 6. The summed E-state index contributed by atoms with van der Waals surface area (Å²) in [6.07, 6.45) is -1.82. The molecule has 0 radical (unpaired) electrons. The molecule has 6 nitrogen and oxygen atoms in total. The van der Waals surface area contributed by atoms with E-state index < -0.39 is 23.5 Å². The van der Waals surface area contributed by atoms with Crippen LogP contribution in [0.15, 0.2) is 30.0 Å². The Hall–Kier alpha value is -2.26. The lowest BCUT2D eigenvalue weighted by Crippen LogP contribution is -2.45. The van der Waals surface area contributed by atoms with Crippen LogP contribution in [0.3, 0.4) is 0 Å². The second kappa shape index (κ2) is 9.49. The van der Waals surface area contributed by atoms with Crippen LogP contribution in [0.1, 0.15) is 31.2 Å². The Balaban J connectivity index is 2.30. The van der Waals surface area contributed by atoms with Crippen molar-refractivity contribution in [3.63, 3.8) is 0 Å². The molecular formula is C19H24ClF3N4O2. The first-order valence-corrected chi connectivity index (χ1v) is 9.42. The van der Waals surface area contributed by atoms with Crippen molar-refractivity contribution < 1.29 is 22.7 Å². The molecule has 1 amide bonds. The lowest BCUT2D eigenvalue weighted by Gasteiger charge is -2.36. The molecule has 0 aliphatic heterocycles. The van der Waals surface area contributed by atoms with Gasteiger partial charge in [-0.25, -0.2) is 0 Å². The number of nitrogen functional groups attached to an aromatic ring is 1. The number of halogens is 4. The van der Waals surface area contributed by atoms with Crippen molar-refractivity contribution in [2.24, 2.45) is 5.73 Å². The van der Waals surface area contributed by atoms with Crippen molar-refractivity contribution in [2.45, 2.75) is 50.6 Å². The molecule has 1 aromatic rings. The van der Waals surface area contributed by atoms with Crippen LogP contribution in [0.25, 0.3) is 0 Å². The number of methoxy groups -OCH3 is 1. The van der Waals surface area contributed by atoms with E-state index in [-0.39, 0.29) is 23.7 Å². The molecular weight excluding hydrogens is 409 g/mol. The third kappa shape index (κ3) is 5.86. The van der Waals surface area contributed by atoms with Gasteiger partial charge in [-0.15, -0.1) is 0 Å². The molecule has 1 fully saturated rings. The quantitative estimate of drug-likeness (QED) is 0.471. The van der Waals surface area contributed by atoms with Gasteiger partial charge < -0.3 is 21.1 Å². The zero-order valence-electron chi connectivity index (χ0n) is 15.9. The average molecular weight is 433 g/mol. The summed E-state index contributed by atoms with van der Waals surface area (Å²) in [5, 5.41) is 8.13. The number of hydrogen-bond donors (Lipinski definition) is 3. The van der Waals surface area contributed by atoms with Gasteiger partial charge in [0.25, 0.3) is 5.91 Å². The van der Waals surface area contributed by atoms with E-state index in [0.29, 0.717) is 43.0 Å². The second-order valence-electron chi connectivity index (χ2n) is 6.93. The number of carbonyl (C=O) groups is 1. The largest absolute Gasteiger partial charge is 0.430 e. The van der Waals surface area contributed by atoms with Gasteiger partial charge in [0.2, 0.25) is 0 Å². The van der Waals surface area contributed by atoms with Gasteiger partial charge >= 0.3 is 6.18 Å². The minimum atomic E-state index is -4.81. The van der Waals surface area contributed by atoms with Crippen LogP contribution in [0, 0.1) is 5.41 Å². The zero-order valence-corrected chi connectivity index (χ0v) is 16.7. The summed E-state index contributed by atoms with van der Waals surface area (Å²) in [7, 11) is 1.61. The third-order valence-corrected chi connectivity index (χ3v) is 5.45. The smallest absolute Gasteiger partial charge is 0.398 e. The van der Waals surface area contributed by atoms with Crippen LogP contribution in [-0.4, -0.2) is 42.0 Å². The number of nitrogens with zero attached hydrogens (tertiary/aromatic N) is 1. The van der Waals surface area contributed by atoms with Crippen molar-refractivity contribution in [1.29, 1.82) is 5.41 Å². The monoisotopic (exact) mass is 432 g/mol. The van der Waals surface area contributed by atoms with Gasteiger partial charge in [0.1, 0.15) is 11.4 Å². The number of anilines is 1. The van der Waals surface area contributed by atoms with Crippen molar-refractivity contribution >= 4 is 28.9 Å². The van der Waals surface area contributed by atoms with E-state index >= 15 is 0 Å². The minimum Gasteiger partial charge on any atom is -0.398 e. The Kier molecular flexibility index (Phi) is 7.54. The summed E-state index contributed by atoms with van der Waals surface area (Å²) in [6.45, 7) is 0.0210. The van der Waals surface area contributed by atoms with E-state index in [1.54, 1.807) is 25.3 Å². The van der Waals surface area contributed by atoms with Crippen molar-refractivity contribution in [3.05, 3.63) is 40.6 Å². The van der Waals surface area contributed by atoms with Crippen molar-refractivity contribution in [3.8, 4) is 0 Å². The van der Waals surface area contributed by atoms with E-state index in [1.165, 1.54) is 4.90 Å². The number of nitrogens with two attached hydrogens (primary N) is 2. The lowest BCUT2D eigenvalue weighted by molar-refractivity contribution is -0.128. The molecule has 10 heteroatoms. The Morgan fingerprint density at radius 2 is 1.97 bits per heavy atom. The SMILES string of the molecule is COC1CCC(N(Cc2cccc(N)c2Cl)C(=O)C(=N)C=C(N)C(F)(F)F)CC1. The molecule has 1 aromatic carbocycles. The standard InChI is InChI=1S/C19H24ClF3N4O2/c1-29-13-7-5-12(6-8-13)27(10-11-3-2-4-14(24)17(11)20)18(28)15(25)9-16(26)19(21,22)23/h2-4,9,12-13,25H,5-8,10,24,26H2,1H3. The fraction of sp³-hybridized carbons (Fsp3) is 0.474. The number of benzene rings is 1. The first-order valence-electron chi connectivity index (χ1n) is 9.04. The molecule has 0 bridgehead atoms. The number of amides is 1. The Morgan fingerprint density at radius 3 is 2.52 bits per heavy atom. The Morgan fingerprint density at radius 1 is 1.34 bits per heavy atom. The first-order chi connectivity index (χ1) is 13.5. The maximum atomic E-state index is 12.9.